The minimum absolute atomic E-state index is 0.0257. The molecule has 0 aliphatic carbocycles. The fourth-order valence-electron chi connectivity index (χ4n) is 3.62. The van der Waals surface area contributed by atoms with Crippen molar-refractivity contribution in [2.75, 3.05) is 0 Å². The molecule has 0 bridgehead atoms. The van der Waals surface area contributed by atoms with E-state index >= 15 is 0 Å². The van der Waals surface area contributed by atoms with Gasteiger partial charge in [0.2, 0.25) is 11.8 Å². The molecular formula is C22H40N6O4. The lowest BCUT2D eigenvalue weighted by molar-refractivity contribution is -0.137. The number of carbonyl (C=O) groups excluding carboxylic acids is 2. The number of carboxylic acids is 1. The molecule has 32 heavy (non-hydrogen) atoms. The molecule has 1 rings (SSSR count). The zero-order chi connectivity index (χ0) is 23.4. The van der Waals surface area contributed by atoms with Gasteiger partial charge in [-0.1, -0.05) is 75.8 Å². The van der Waals surface area contributed by atoms with Crippen molar-refractivity contribution in [2.24, 2.45) is 5.73 Å². The highest BCUT2D eigenvalue weighted by Gasteiger charge is 2.18. The fraction of sp³-hybridized carbons (Fsp3) is 0.818. The van der Waals surface area contributed by atoms with Crippen molar-refractivity contribution in [3.05, 3.63) is 5.82 Å². The van der Waals surface area contributed by atoms with Gasteiger partial charge in [-0.25, -0.2) is 0 Å². The number of nitrogens with two attached hydrogens (primary N) is 1. The molecule has 1 aromatic heterocycles. The van der Waals surface area contributed by atoms with Gasteiger partial charge in [-0.05, 0) is 19.3 Å². The zero-order valence-electron chi connectivity index (χ0n) is 19.2. The highest BCUT2D eigenvalue weighted by atomic mass is 16.4. The highest BCUT2D eigenvalue weighted by molar-refractivity contribution is 5.86. The number of rotatable bonds is 21. The maximum Gasteiger partial charge on any atom is 0.303 e. The number of carbonyl (C=O) groups is 3. The van der Waals surface area contributed by atoms with E-state index in [-0.39, 0.29) is 18.7 Å². The number of H-pyrrole nitrogens is 1. The van der Waals surface area contributed by atoms with Crippen LogP contribution in [-0.4, -0.2) is 49.6 Å². The Kier molecular flexibility index (Phi) is 15.6. The first-order chi connectivity index (χ1) is 15.5. The van der Waals surface area contributed by atoms with Crippen LogP contribution in [0.4, 0.5) is 0 Å². The minimum atomic E-state index is -1.02. The van der Waals surface area contributed by atoms with Gasteiger partial charge >= 0.3 is 5.97 Å². The van der Waals surface area contributed by atoms with Gasteiger partial charge in [0.15, 0.2) is 5.82 Å². The smallest absolute Gasteiger partial charge is 0.303 e. The van der Waals surface area contributed by atoms with Gasteiger partial charge in [0.1, 0.15) is 6.04 Å². The summed E-state index contributed by atoms with van der Waals surface area (Å²) >= 11 is 0. The molecule has 5 N–H and O–H groups in total. The lowest BCUT2D eigenvalue weighted by Gasteiger charge is -2.14. The van der Waals surface area contributed by atoms with Crippen LogP contribution in [0.25, 0.3) is 0 Å². The quantitative estimate of drug-likeness (QED) is 0.208. The summed E-state index contributed by atoms with van der Waals surface area (Å²) in [4.78, 5) is 33.8. The number of aliphatic carboxylic acids is 1. The van der Waals surface area contributed by atoms with Gasteiger partial charge in [-0.2, -0.15) is 5.21 Å². The largest absolute Gasteiger partial charge is 0.481 e. The number of hydrogen-bond acceptors (Lipinski definition) is 6. The number of aromatic nitrogens is 4. The van der Waals surface area contributed by atoms with Crippen molar-refractivity contribution < 1.29 is 19.5 Å². The SMILES string of the molecule is NC(=O)[C@@H](CCC(=O)O)NC(=O)CCCCCCCCCCCCCCCc1nn[nH]n1. The highest BCUT2D eigenvalue weighted by Crippen LogP contribution is 2.13. The standard InChI is InChI=1S/C22H40N6O4/c23-22(32)18(16-17-21(30)31)24-20(29)15-13-11-9-7-5-3-1-2-4-6-8-10-12-14-19-25-27-28-26-19/h18H,1-17H2,(H2,23,32)(H,24,29)(H,30,31)(H,25,26,27,28)/t18-/m1/s1. The third-order valence-electron chi connectivity index (χ3n) is 5.52. The summed E-state index contributed by atoms with van der Waals surface area (Å²) in [7, 11) is 0. The van der Waals surface area contributed by atoms with Crippen LogP contribution in [0.1, 0.15) is 109 Å². The molecule has 2 amide bonds. The van der Waals surface area contributed by atoms with Crippen LogP contribution in [0.2, 0.25) is 0 Å². The average molecular weight is 453 g/mol. The number of aryl methyl sites for hydroxylation is 1. The van der Waals surface area contributed by atoms with Crippen molar-refractivity contribution in [1.82, 2.24) is 25.9 Å². The van der Waals surface area contributed by atoms with E-state index in [0.29, 0.717) is 6.42 Å². The summed E-state index contributed by atoms with van der Waals surface area (Å²) in [5.74, 6) is -1.15. The predicted molar refractivity (Wildman–Crippen MR) is 121 cm³/mol. The third kappa shape index (κ3) is 15.3. The number of carboxylic acid groups (broad SMARTS) is 1. The van der Waals surface area contributed by atoms with E-state index in [1.54, 1.807) is 0 Å². The molecule has 0 aliphatic rings. The van der Waals surface area contributed by atoms with E-state index in [1.165, 1.54) is 57.8 Å². The normalized spacial score (nSPS) is 11.9. The van der Waals surface area contributed by atoms with Gasteiger partial charge in [-0.15, -0.1) is 10.2 Å². The number of unbranched alkanes of at least 4 members (excludes halogenated alkanes) is 12. The molecule has 182 valence electrons. The second-order valence-electron chi connectivity index (χ2n) is 8.38. The van der Waals surface area contributed by atoms with E-state index in [9.17, 15) is 14.4 Å². The molecule has 0 radical (unpaired) electrons. The maximum absolute atomic E-state index is 11.9. The molecule has 0 unspecified atom stereocenters. The summed E-state index contributed by atoms with van der Waals surface area (Å²) < 4.78 is 0. The monoisotopic (exact) mass is 452 g/mol. The van der Waals surface area contributed by atoms with Crippen LogP contribution in [-0.2, 0) is 20.8 Å². The van der Waals surface area contributed by atoms with Crippen molar-refractivity contribution in [3.8, 4) is 0 Å². The number of primary amides is 1. The Bertz CT molecular complexity index is 638. The van der Waals surface area contributed by atoms with Gasteiger partial charge < -0.3 is 16.2 Å². The molecule has 10 heteroatoms. The van der Waals surface area contributed by atoms with Crippen LogP contribution >= 0.6 is 0 Å². The molecule has 1 aromatic rings. The zero-order valence-corrected chi connectivity index (χ0v) is 19.2. The molecular weight excluding hydrogens is 412 g/mol. The van der Waals surface area contributed by atoms with Crippen LogP contribution in [0.3, 0.4) is 0 Å². The van der Waals surface area contributed by atoms with E-state index in [2.05, 4.69) is 25.9 Å². The number of hydrogen-bond donors (Lipinski definition) is 4. The Morgan fingerprint density at radius 3 is 1.84 bits per heavy atom. The summed E-state index contributed by atoms with van der Waals surface area (Å²) in [6.45, 7) is 0. The van der Waals surface area contributed by atoms with Gasteiger partial charge in [-0.3, -0.25) is 14.4 Å². The van der Waals surface area contributed by atoms with Crippen LogP contribution in [0.15, 0.2) is 0 Å². The second kappa shape index (κ2) is 18.1. The number of amides is 2. The van der Waals surface area contributed by atoms with E-state index in [4.69, 9.17) is 10.8 Å². The molecule has 0 aliphatic heterocycles. The summed E-state index contributed by atoms with van der Waals surface area (Å²) in [6.07, 6.45) is 16.4. The van der Waals surface area contributed by atoms with Gasteiger partial charge in [0.25, 0.3) is 0 Å². The molecule has 10 nitrogen and oxygen atoms in total. The molecule has 0 spiro atoms. The lowest BCUT2D eigenvalue weighted by Crippen LogP contribution is -2.44. The fourth-order valence-corrected chi connectivity index (χ4v) is 3.62. The number of aromatic amines is 1. The Balaban J connectivity index is 1.84. The van der Waals surface area contributed by atoms with Crippen LogP contribution in [0.5, 0.6) is 0 Å². The predicted octanol–water partition coefficient (Wildman–Crippen LogP) is 3.04. The average Bonchev–Trinajstić information content (AvgIpc) is 3.27. The third-order valence-corrected chi connectivity index (χ3v) is 5.52. The van der Waals surface area contributed by atoms with Crippen molar-refractivity contribution in [3.63, 3.8) is 0 Å². The van der Waals surface area contributed by atoms with Gasteiger partial charge in [0, 0.05) is 19.3 Å². The van der Waals surface area contributed by atoms with Gasteiger partial charge in [0.05, 0.1) is 0 Å². The van der Waals surface area contributed by atoms with E-state index in [1.807, 2.05) is 0 Å². The molecule has 1 heterocycles. The first-order valence-electron chi connectivity index (χ1n) is 12.0. The van der Waals surface area contributed by atoms with Crippen molar-refractivity contribution in [1.29, 1.82) is 0 Å². The van der Waals surface area contributed by atoms with Crippen LogP contribution in [0, 0.1) is 0 Å². The Labute approximate surface area is 190 Å². The number of nitrogens with zero attached hydrogens (tertiary/aromatic N) is 3. The maximum atomic E-state index is 11.9. The molecule has 0 fully saturated rings. The van der Waals surface area contributed by atoms with E-state index in [0.717, 1.165) is 37.9 Å². The Morgan fingerprint density at radius 2 is 1.38 bits per heavy atom. The topological polar surface area (TPSA) is 164 Å². The minimum Gasteiger partial charge on any atom is -0.481 e. The first-order valence-corrected chi connectivity index (χ1v) is 12.0. The van der Waals surface area contributed by atoms with E-state index < -0.39 is 17.9 Å². The van der Waals surface area contributed by atoms with Crippen molar-refractivity contribution >= 4 is 17.8 Å². The van der Waals surface area contributed by atoms with Crippen molar-refractivity contribution in [2.45, 2.75) is 115 Å². The number of tetrazole rings is 1. The molecule has 0 saturated heterocycles. The Morgan fingerprint density at radius 1 is 0.844 bits per heavy atom. The summed E-state index contributed by atoms with van der Waals surface area (Å²) in [6, 6.07) is -0.907. The molecule has 0 aromatic carbocycles. The molecule has 1 atom stereocenters. The first kappa shape index (κ1) is 27.5. The van der Waals surface area contributed by atoms with Crippen LogP contribution < -0.4 is 11.1 Å². The Hall–Kier alpha value is -2.52. The molecule has 0 saturated carbocycles. The summed E-state index contributed by atoms with van der Waals surface area (Å²) in [5.41, 5.74) is 5.21. The second-order valence-corrected chi connectivity index (χ2v) is 8.38. The lowest BCUT2D eigenvalue weighted by atomic mass is 10.0. The number of nitrogens with one attached hydrogen (secondary N) is 2. The summed E-state index contributed by atoms with van der Waals surface area (Å²) in [5, 5.41) is 25.2.